The van der Waals surface area contributed by atoms with E-state index in [0.717, 1.165) is 22.7 Å². The molecule has 0 N–H and O–H groups in total. The minimum atomic E-state index is 0.478. The maximum Gasteiger partial charge on any atom is 0.121 e. The third-order valence-corrected chi connectivity index (χ3v) is 2.18. The lowest BCUT2D eigenvalue weighted by Gasteiger charge is -2.00. The zero-order valence-electron chi connectivity index (χ0n) is 7.68. The second-order valence-corrected chi connectivity index (χ2v) is 3.10. The lowest BCUT2D eigenvalue weighted by Crippen LogP contribution is -2.04. The van der Waals surface area contributed by atoms with Gasteiger partial charge >= 0.3 is 0 Å². The predicted octanol–water partition coefficient (Wildman–Crippen LogP) is 0.419. The van der Waals surface area contributed by atoms with Crippen molar-refractivity contribution in [1.82, 2.24) is 9.78 Å². The highest BCUT2D eigenvalue weighted by Gasteiger charge is 2.02. The fourth-order valence-corrected chi connectivity index (χ4v) is 1.48. The smallest absolute Gasteiger partial charge is 0.121 e. The molecule has 1 aromatic carbocycles. The molecule has 0 saturated carbocycles. The van der Waals surface area contributed by atoms with Crippen molar-refractivity contribution in [2.24, 2.45) is 0 Å². The van der Waals surface area contributed by atoms with Crippen LogP contribution in [-0.2, 0) is 11.3 Å². The summed E-state index contributed by atoms with van der Waals surface area (Å²) < 4.78 is 1.79. The van der Waals surface area contributed by atoms with Crippen molar-refractivity contribution in [2.75, 3.05) is 0 Å². The second-order valence-electron chi connectivity index (χ2n) is 3.10. The second kappa shape index (κ2) is 3.66. The Morgan fingerprint density at radius 3 is 3.14 bits per heavy atom. The Morgan fingerprint density at radius 2 is 2.36 bits per heavy atom. The molecule has 0 fully saturated rings. The monoisotopic (exact) mass is 184 g/mol. The van der Waals surface area contributed by atoms with Crippen LogP contribution in [0.25, 0.3) is 10.9 Å². The topological polar surface area (TPSA) is 34.9 Å². The van der Waals surface area contributed by atoms with Gasteiger partial charge in [-0.2, -0.15) is 5.10 Å². The third kappa shape index (κ3) is 1.43. The molecule has 0 aliphatic heterocycles. The van der Waals surface area contributed by atoms with Crippen LogP contribution >= 0.6 is 0 Å². The number of hydrogen-bond donors (Lipinski definition) is 0. The standard InChI is InChI=1S/C10H9BN2O/c11-9-3-1-4-10-8(9)7-12-13(10)5-2-6-14/h1,3-4,6-7H,2,5H2. The Bertz CT molecular complexity index is 464. The van der Waals surface area contributed by atoms with Gasteiger partial charge < -0.3 is 4.79 Å². The molecule has 2 rings (SSSR count). The molecular formula is C10H9BN2O. The van der Waals surface area contributed by atoms with Crippen molar-refractivity contribution < 1.29 is 4.79 Å². The van der Waals surface area contributed by atoms with Gasteiger partial charge in [-0.25, -0.2) is 0 Å². The summed E-state index contributed by atoms with van der Waals surface area (Å²) in [5, 5.41) is 5.11. The van der Waals surface area contributed by atoms with Gasteiger partial charge in [-0.3, -0.25) is 4.68 Å². The summed E-state index contributed by atoms with van der Waals surface area (Å²) in [4.78, 5) is 10.2. The third-order valence-electron chi connectivity index (χ3n) is 2.18. The fourth-order valence-electron chi connectivity index (χ4n) is 1.48. The Morgan fingerprint density at radius 1 is 1.50 bits per heavy atom. The first-order valence-electron chi connectivity index (χ1n) is 4.46. The van der Waals surface area contributed by atoms with E-state index in [2.05, 4.69) is 5.10 Å². The maximum absolute atomic E-state index is 10.2. The molecule has 0 aliphatic carbocycles. The average molecular weight is 184 g/mol. The van der Waals surface area contributed by atoms with Crippen LogP contribution < -0.4 is 5.46 Å². The average Bonchev–Trinajstić information content (AvgIpc) is 2.60. The first kappa shape index (κ1) is 9.00. The molecule has 1 heterocycles. The van der Waals surface area contributed by atoms with E-state index in [4.69, 9.17) is 7.85 Å². The van der Waals surface area contributed by atoms with Crippen LogP contribution in [0, 0.1) is 0 Å². The summed E-state index contributed by atoms with van der Waals surface area (Å²) in [5.41, 5.74) is 1.70. The van der Waals surface area contributed by atoms with Crippen LogP contribution in [-0.4, -0.2) is 23.9 Å². The van der Waals surface area contributed by atoms with Crippen LogP contribution in [0.4, 0.5) is 0 Å². The number of aryl methyl sites for hydroxylation is 1. The number of carbonyl (C=O) groups excluding carboxylic acids is 1. The molecule has 0 spiro atoms. The molecule has 0 bridgehead atoms. The van der Waals surface area contributed by atoms with Crippen molar-refractivity contribution >= 4 is 30.5 Å². The molecule has 4 heteroatoms. The van der Waals surface area contributed by atoms with Crippen LogP contribution in [0.5, 0.6) is 0 Å². The molecule has 2 aromatic rings. The van der Waals surface area contributed by atoms with E-state index in [-0.39, 0.29) is 0 Å². The van der Waals surface area contributed by atoms with Gasteiger partial charge in [0, 0.05) is 18.4 Å². The van der Waals surface area contributed by atoms with Crippen molar-refractivity contribution in [3.05, 3.63) is 24.4 Å². The number of hydrogen-bond acceptors (Lipinski definition) is 2. The molecule has 0 atom stereocenters. The molecule has 0 unspecified atom stereocenters. The van der Waals surface area contributed by atoms with E-state index in [9.17, 15) is 4.79 Å². The molecular weight excluding hydrogens is 175 g/mol. The molecule has 14 heavy (non-hydrogen) atoms. The van der Waals surface area contributed by atoms with Gasteiger partial charge in [0.2, 0.25) is 0 Å². The van der Waals surface area contributed by atoms with Gasteiger partial charge in [0.05, 0.1) is 11.7 Å². The van der Waals surface area contributed by atoms with Gasteiger partial charge in [-0.05, 0) is 6.07 Å². The molecule has 1 aromatic heterocycles. The first-order valence-corrected chi connectivity index (χ1v) is 4.46. The number of nitrogens with zero attached hydrogens (tertiary/aromatic N) is 2. The lowest BCUT2D eigenvalue weighted by molar-refractivity contribution is -0.108. The minimum Gasteiger partial charge on any atom is -0.303 e. The van der Waals surface area contributed by atoms with Gasteiger partial charge in [0.25, 0.3) is 0 Å². The molecule has 0 saturated heterocycles. The van der Waals surface area contributed by atoms with Crippen molar-refractivity contribution in [1.29, 1.82) is 0 Å². The summed E-state index contributed by atoms with van der Waals surface area (Å²) in [6.07, 6.45) is 3.10. The summed E-state index contributed by atoms with van der Waals surface area (Å²) in [5.74, 6) is 0. The van der Waals surface area contributed by atoms with Gasteiger partial charge in [0.1, 0.15) is 14.1 Å². The van der Waals surface area contributed by atoms with E-state index in [1.165, 1.54) is 0 Å². The van der Waals surface area contributed by atoms with Crippen LogP contribution in [0.3, 0.4) is 0 Å². The fraction of sp³-hybridized carbons (Fsp3) is 0.200. The van der Waals surface area contributed by atoms with E-state index in [1.54, 1.807) is 10.9 Å². The Balaban J connectivity index is 2.47. The van der Waals surface area contributed by atoms with Crippen LogP contribution in [0.2, 0.25) is 0 Å². The summed E-state index contributed by atoms with van der Waals surface area (Å²) in [6.45, 7) is 0.608. The molecule has 2 radical (unpaired) electrons. The lowest BCUT2D eigenvalue weighted by atomic mass is 9.93. The van der Waals surface area contributed by atoms with Crippen molar-refractivity contribution in [3.63, 3.8) is 0 Å². The minimum absolute atomic E-state index is 0.478. The number of aldehydes is 1. The zero-order valence-corrected chi connectivity index (χ0v) is 7.68. The van der Waals surface area contributed by atoms with Gasteiger partial charge in [-0.15, -0.1) is 0 Å². The maximum atomic E-state index is 10.2. The number of aromatic nitrogens is 2. The first-order chi connectivity index (χ1) is 6.83. The highest BCUT2D eigenvalue weighted by molar-refractivity contribution is 6.38. The molecule has 68 valence electrons. The summed E-state index contributed by atoms with van der Waals surface area (Å²) >= 11 is 0. The van der Waals surface area contributed by atoms with Crippen molar-refractivity contribution in [3.8, 4) is 0 Å². The Kier molecular flexibility index (Phi) is 2.35. The predicted molar refractivity (Wildman–Crippen MR) is 55.8 cm³/mol. The van der Waals surface area contributed by atoms with Gasteiger partial charge in [-0.1, -0.05) is 17.6 Å². The molecule has 0 aliphatic rings. The normalized spacial score (nSPS) is 10.6. The zero-order chi connectivity index (χ0) is 9.97. The highest BCUT2D eigenvalue weighted by Crippen LogP contribution is 2.10. The van der Waals surface area contributed by atoms with E-state index >= 15 is 0 Å². The SMILES string of the molecule is [B]c1cccc2c1cnn2CCC=O. The highest BCUT2D eigenvalue weighted by atomic mass is 16.1. The quantitative estimate of drug-likeness (QED) is 0.511. The van der Waals surface area contributed by atoms with E-state index in [1.807, 2.05) is 18.2 Å². The van der Waals surface area contributed by atoms with Crippen LogP contribution in [0.1, 0.15) is 6.42 Å². The Hall–Kier alpha value is -1.58. The number of carbonyl (C=O) groups is 1. The van der Waals surface area contributed by atoms with Crippen LogP contribution in [0.15, 0.2) is 24.4 Å². The Labute approximate surface area is 83.1 Å². The number of fused-ring (bicyclic) bond motifs is 1. The van der Waals surface area contributed by atoms with E-state index in [0.29, 0.717) is 13.0 Å². The van der Waals surface area contributed by atoms with Crippen molar-refractivity contribution in [2.45, 2.75) is 13.0 Å². The van der Waals surface area contributed by atoms with Gasteiger partial charge in [0.15, 0.2) is 0 Å². The van der Waals surface area contributed by atoms with E-state index < -0.39 is 0 Å². The summed E-state index contributed by atoms with van der Waals surface area (Å²) in [6, 6.07) is 5.67. The summed E-state index contributed by atoms with van der Waals surface area (Å²) in [7, 11) is 5.78. The number of rotatable bonds is 3. The molecule has 0 amide bonds. The number of benzene rings is 1. The molecule has 3 nitrogen and oxygen atoms in total. The largest absolute Gasteiger partial charge is 0.303 e.